The van der Waals surface area contributed by atoms with Crippen molar-refractivity contribution < 1.29 is 4.42 Å². The third-order valence-corrected chi connectivity index (χ3v) is 10.2. The number of fused-ring (bicyclic) bond motifs is 5. The van der Waals surface area contributed by atoms with Crippen molar-refractivity contribution in [2.75, 3.05) is 4.90 Å². The van der Waals surface area contributed by atoms with Gasteiger partial charge in [-0.2, -0.15) is 0 Å². The van der Waals surface area contributed by atoms with Crippen LogP contribution >= 0.6 is 0 Å². The second-order valence-electron chi connectivity index (χ2n) is 13.3. The molecule has 0 aliphatic rings. The molecule has 0 spiro atoms. The first kappa shape index (κ1) is 30.0. The molecule has 0 saturated carbocycles. The van der Waals surface area contributed by atoms with Gasteiger partial charge < -0.3 is 9.32 Å². The van der Waals surface area contributed by atoms with E-state index >= 15 is 0 Å². The first-order valence-electron chi connectivity index (χ1n) is 17.8. The number of para-hydroxylation sites is 2. The smallest absolute Gasteiger partial charge is 0.143 e. The molecule has 2 heteroatoms. The number of furan rings is 1. The van der Waals surface area contributed by atoms with E-state index in [4.69, 9.17) is 4.42 Å². The van der Waals surface area contributed by atoms with Gasteiger partial charge in [0.15, 0.2) is 0 Å². The summed E-state index contributed by atoms with van der Waals surface area (Å²) in [7, 11) is 0. The van der Waals surface area contributed by atoms with Gasteiger partial charge in [-0.1, -0.05) is 158 Å². The van der Waals surface area contributed by atoms with Crippen LogP contribution in [-0.4, -0.2) is 0 Å². The average Bonchev–Trinajstić information content (AvgIpc) is 3.58. The van der Waals surface area contributed by atoms with E-state index in [0.717, 1.165) is 61.3 Å². The van der Waals surface area contributed by atoms with Crippen LogP contribution in [0.15, 0.2) is 205 Å². The third-order valence-electron chi connectivity index (χ3n) is 10.2. The lowest BCUT2D eigenvalue weighted by atomic mass is 9.94. The highest BCUT2D eigenvalue weighted by atomic mass is 16.3. The second-order valence-corrected chi connectivity index (χ2v) is 13.3. The summed E-state index contributed by atoms with van der Waals surface area (Å²) < 4.78 is 6.79. The summed E-state index contributed by atoms with van der Waals surface area (Å²) in [5, 5.41) is 7.02. The summed E-state index contributed by atoms with van der Waals surface area (Å²) in [6.07, 6.45) is 0. The van der Waals surface area contributed by atoms with Crippen LogP contribution < -0.4 is 4.90 Å². The van der Waals surface area contributed by atoms with Gasteiger partial charge in [0.05, 0.1) is 11.4 Å². The van der Waals surface area contributed by atoms with E-state index in [9.17, 15) is 0 Å². The Bertz CT molecular complexity index is 2910. The molecule has 0 saturated heterocycles. The molecule has 0 atom stereocenters. The zero-order chi connectivity index (χ0) is 34.4. The minimum absolute atomic E-state index is 0.890. The predicted molar refractivity (Wildman–Crippen MR) is 220 cm³/mol. The van der Waals surface area contributed by atoms with E-state index in [1.54, 1.807) is 0 Å². The normalized spacial score (nSPS) is 11.5. The maximum absolute atomic E-state index is 6.79. The molecule has 1 heterocycles. The standard InChI is InChI=1S/C50H33NO/c1-3-14-34(15-4-1)40-27-29-48(45(31-40)36-17-5-2-6-18-36)51(41-28-26-35-16-7-8-19-37(35)30-41)47-25-12-11-22-42(47)43-23-13-24-44-46-32-38-20-9-10-21-39(38)33-49(46)52-50(43)44/h1-33H. The number of hydrogen-bond acceptors (Lipinski definition) is 2. The number of anilines is 3. The number of hydrogen-bond donors (Lipinski definition) is 0. The lowest BCUT2D eigenvalue weighted by molar-refractivity contribution is 0.670. The Morgan fingerprint density at radius 2 is 0.942 bits per heavy atom. The Hall–Kier alpha value is -6.90. The van der Waals surface area contributed by atoms with Gasteiger partial charge in [0, 0.05) is 33.2 Å². The van der Waals surface area contributed by atoms with Gasteiger partial charge in [-0.3, -0.25) is 0 Å². The fourth-order valence-electron chi connectivity index (χ4n) is 7.71. The first-order chi connectivity index (χ1) is 25.8. The van der Waals surface area contributed by atoms with Gasteiger partial charge in [0.25, 0.3) is 0 Å². The number of nitrogens with zero attached hydrogens (tertiary/aromatic N) is 1. The van der Waals surface area contributed by atoms with E-state index in [2.05, 4.69) is 205 Å². The highest BCUT2D eigenvalue weighted by Gasteiger charge is 2.23. The molecule has 1 aromatic heterocycles. The molecule has 0 amide bonds. The molecule has 0 fully saturated rings. The lowest BCUT2D eigenvalue weighted by Gasteiger charge is -2.30. The van der Waals surface area contributed by atoms with Crippen LogP contribution in [0.4, 0.5) is 17.1 Å². The first-order valence-corrected chi connectivity index (χ1v) is 17.8. The largest absolute Gasteiger partial charge is 0.455 e. The Morgan fingerprint density at radius 3 is 1.73 bits per heavy atom. The van der Waals surface area contributed by atoms with Crippen molar-refractivity contribution in [2.24, 2.45) is 0 Å². The predicted octanol–water partition coefficient (Wildman–Crippen LogP) is 14.4. The van der Waals surface area contributed by atoms with Gasteiger partial charge in [0.2, 0.25) is 0 Å². The quantitative estimate of drug-likeness (QED) is 0.176. The molecule has 0 bridgehead atoms. The molecule has 10 rings (SSSR count). The van der Waals surface area contributed by atoms with Gasteiger partial charge in [0.1, 0.15) is 11.2 Å². The van der Waals surface area contributed by atoms with E-state index < -0.39 is 0 Å². The van der Waals surface area contributed by atoms with Gasteiger partial charge >= 0.3 is 0 Å². The van der Waals surface area contributed by atoms with Crippen LogP contribution in [0.1, 0.15) is 0 Å². The minimum Gasteiger partial charge on any atom is -0.455 e. The number of benzene rings is 9. The molecule has 0 aliphatic heterocycles. The van der Waals surface area contributed by atoms with Crippen LogP contribution in [0.5, 0.6) is 0 Å². The highest BCUT2D eigenvalue weighted by molar-refractivity contribution is 6.14. The second kappa shape index (κ2) is 12.5. The van der Waals surface area contributed by atoms with Crippen molar-refractivity contribution >= 4 is 60.5 Å². The third kappa shape index (κ3) is 5.12. The fraction of sp³-hybridized carbons (Fsp3) is 0. The molecule has 0 radical (unpaired) electrons. The summed E-state index contributed by atoms with van der Waals surface area (Å²) >= 11 is 0. The van der Waals surface area contributed by atoms with Gasteiger partial charge in [-0.15, -0.1) is 0 Å². The van der Waals surface area contributed by atoms with Gasteiger partial charge in [-0.05, 0) is 80.7 Å². The molecule has 52 heavy (non-hydrogen) atoms. The maximum atomic E-state index is 6.79. The van der Waals surface area contributed by atoms with Crippen LogP contribution in [0.25, 0.3) is 76.9 Å². The Balaban J connectivity index is 1.24. The van der Waals surface area contributed by atoms with Gasteiger partial charge in [-0.25, -0.2) is 0 Å². The molecular formula is C50H33NO. The lowest BCUT2D eigenvalue weighted by Crippen LogP contribution is -2.12. The topological polar surface area (TPSA) is 16.4 Å². The van der Waals surface area contributed by atoms with Crippen molar-refractivity contribution in [1.29, 1.82) is 0 Å². The SMILES string of the molecule is c1ccc(-c2ccc(N(c3ccc4ccccc4c3)c3ccccc3-c3cccc4c3oc3cc5ccccc5cc34)c(-c3ccccc3)c2)cc1. The average molecular weight is 664 g/mol. The molecule has 10 aromatic rings. The van der Waals surface area contributed by atoms with Crippen molar-refractivity contribution in [3.05, 3.63) is 200 Å². The summed E-state index contributed by atoms with van der Waals surface area (Å²) in [6, 6.07) is 71.7. The zero-order valence-corrected chi connectivity index (χ0v) is 28.4. The molecule has 0 N–H and O–H groups in total. The Morgan fingerprint density at radius 1 is 0.327 bits per heavy atom. The van der Waals surface area contributed by atoms with Crippen LogP contribution in [-0.2, 0) is 0 Å². The summed E-state index contributed by atoms with van der Waals surface area (Å²) in [5.41, 5.74) is 11.9. The van der Waals surface area contributed by atoms with E-state index in [0.29, 0.717) is 0 Å². The summed E-state index contributed by atoms with van der Waals surface area (Å²) in [6.45, 7) is 0. The van der Waals surface area contributed by atoms with Crippen molar-refractivity contribution in [2.45, 2.75) is 0 Å². The van der Waals surface area contributed by atoms with E-state index in [1.807, 2.05) is 0 Å². The monoisotopic (exact) mass is 663 g/mol. The van der Waals surface area contributed by atoms with Crippen molar-refractivity contribution in [1.82, 2.24) is 0 Å². The Labute approximate surface area is 302 Å². The molecule has 0 aliphatic carbocycles. The van der Waals surface area contributed by atoms with Crippen molar-refractivity contribution in [3.8, 4) is 33.4 Å². The van der Waals surface area contributed by atoms with E-state index in [-0.39, 0.29) is 0 Å². The van der Waals surface area contributed by atoms with Crippen LogP contribution in [0, 0.1) is 0 Å². The molecule has 2 nitrogen and oxygen atoms in total. The summed E-state index contributed by atoms with van der Waals surface area (Å²) in [5.74, 6) is 0. The minimum atomic E-state index is 0.890. The van der Waals surface area contributed by atoms with E-state index in [1.165, 1.54) is 32.7 Å². The van der Waals surface area contributed by atoms with Crippen LogP contribution in [0.3, 0.4) is 0 Å². The molecule has 244 valence electrons. The summed E-state index contributed by atoms with van der Waals surface area (Å²) in [4.78, 5) is 2.43. The zero-order valence-electron chi connectivity index (χ0n) is 28.4. The Kier molecular flexibility index (Phi) is 7.18. The van der Waals surface area contributed by atoms with Crippen molar-refractivity contribution in [3.63, 3.8) is 0 Å². The molecular weight excluding hydrogens is 631 g/mol. The maximum Gasteiger partial charge on any atom is 0.143 e. The fourth-order valence-corrected chi connectivity index (χ4v) is 7.71. The number of rotatable bonds is 6. The molecule has 0 unspecified atom stereocenters. The molecule has 9 aromatic carbocycles. The van der Waals surface area contributed by atoms with Crippen LogP contribution in [0.2, 0.25) is 0 Å². The highest BCUT2D eigenvalue weighted by Crippen LogP contribution is 2.48.